The molecule has 1 aliphatic rings. The van der Waals surface area contributed by atoms with Crippen molar-refractivity contribution in [1.29, 1.82) is 0 Å². The molecule has 1 aromatic carbocycles. The van der Waals surface area contributed by atoms with Gasteiger partial charge in [-0.3, -0.25) is 0 Å². The van der Waals surface area contributed by atoms with E-state index in [1.165, 1.54) is 24.1 Å². The Kier molecular flexibility index (Phi) is 6.27. The molecule has 3 heterocycles. The Morgan fingerprint density at radius 2 is 1.90 bits per heavy atom. The van der Waals surface area contributed by atoms with Gasteiger partial charge >= 0.3 is 0 Å². The number of aromatic nitrogens is 3. The topological polar surface area (TPSA) is 52.4 Å². The average Bonchev–Trinajstić information content (AvgIpc) is 3.35. The van der Waals surface area contributed by atoms with Gasteiger partial charge in [0.05, 0.1) is 16.9 Å². The molecule has 29 heavy (non-hydrogen) atoms. The van der Waals surface area contributed by atoms with Crippen LogP contribution >= 0.6 is 11.3 Å². The summed E-state index contributed by atoms with van der Waals surface area (Å²) >= 11 is 1.77. The predicted molar refractivity (Wildman–Crippen MR) is 118 cm³/mol. The predicted octanol–water partition coefficient (Wildman–Crippen LogP) is 4.78. The maximum absolute atomic E-state index is 5.68. The first-order valence-electron chi connectivity index (χ1n) is 9.92. The standard InChI is InChI=1S/C22H26N4O2S/c1-17-20(23-22(29-17)25-13-7-4-8-14-25)12-11-18-15-26(19-9-5-3-6-10-19)24-21(18)28-16-27-2/h3,5-6,9-12,15H,4,7-8,13-14,16H2,1-2H3/b12-11+. The Morgan fingerprint density at radius 3 is 2.66 bits per heavy atom. The molecule has 0 aliphatic carbocycles. The minimum atomic E-state index is 0.154. The number of methoxy groups -OCH3 is 1. The SMILES string of the molecule is COCOc1nn(-c2ccccc2)cc1/C=C/c1nc(N2CCCCC2)sc1C. The summed E-state index contributed by atoms with van der Waals surface area (Å²) in [6, 6.07) is 9.99. The van der Waals surface area contributed by atoms with Crippen molar-refractivity contribution < 1.29 is 9.47 Å². The number of anilines is 1. The highest BCUT2D eigenvalue weighted by Crippen LogP contribution is 2.30. The molecular weight excluding hydrogens is 384 g/mol. The molecule has 0 atom stereocenters. The normalized spacial score (nSPS) is 14.6. The fourth-order valence-corrected chi connectivity index (χ4v) is 4.31. The van der Waals surface area contributed by atoms with Crippen molar-refractivity contribution in [2.24, 2.45) is 0 Å². The number of ether oxygens (including phenoxy) is 2. The van der Waals surface area contributed by atoms with E-state index in [0.717, 1.165) is 35.2 Å². The highest BCUT2D eigenvalue weighted by Gasteiger charge is 2.16. The number of hydrogen-bond donors (Lipinski definition) is 0. The van der Waals surface area contributed by atoms with E-state index >= 15 is 0 Å². The van der Waals surface area contributed by atoms with Crippen molar-refractivity contribution in [2.75, 3.05) is 31.9 Å². The molecule has 3 aromatic rings. The van der Waals surface area contributed by atoms with Gasteiger partial charge in [-0.2, -0.15) is 0 Å². The van der Waals surface area contributed by atoms with Crippen LogP contribution in [-0.2, 0) is 4.74 Å². The Balaban J connectivity index is 1.58. The second-order valence-electron chi connectivity index (χ2n) is 7.04. The van der Waals surface area contributed by atoms with Crippen molar-refractivity contribution in [3.63, 3.8) is 0 Å². The number of para-hydroxylation sites is 1. The maximum atomic E-state index is 5.68. The maximum Gasteiger partial charge on any atom is 0.242 e. The van der Waals surface area contributed by atoms with E-state index in [1.807, 2.05) is 53.4 Å². The quantitative estimate of drug-likeness (QED) is 0.525. The zero-order valence-corrected chi connectivity index (χ0v) is 17.7. The van der Waals surface area contributed by atoms with Gasteiger partial charge in [0.2, 0.25) is 5.88 Å². The summed E-state index contributed by atoms with van der Waals surface area (Å²) in [5.74, 6) is 0.538. The summed E-state index contributed by atoms with van der Waals surface area (Å²) in [5, 5.41) is 5.69. The third-order valence-electron chi connectivity index (χ3n) is 4.91. The zero-order chi connectivity index (χ0) is 20.1. The van der Waals surface area contributed by atoms with Crippen molar-refractivity contribution in [3.8, 4) is 11.6 Å². The number of thiazole rings is 1. The Morgan fingerprint density at radius 1 is 1.10 bits per heavy atom. The largest absolute Gasteiger partial charge is 0.449 e. The summed E-state index contributed by atoms with van der Waals surface area (Å²) in [7, 11) is 1.60. The van der Waals surface area contributed by atoms with Crippen LogP contribution in [0, 0.1) is 6.92 Å². The highest BCUT2D eigenvalue weighted by molar-refractivity contribution is 7.15. The van der Waals surface area contributed by atoms with Crippen molar-refractivity contribution in [1.82, 2.24) is 14.8 Å². The molecule has 1 aliphatic heterocycles. The van der Waals surface area contributed by atoms with Crippen LogP contribution in [-0.4, -0.2) is 41.8 Å². The van der Waals surface area contributed by atoms with Crippen molar-refractivity contribution in [3.05, 3.63) is 52.7 Å². The molecule has 2 aromatic heterocycles. The molecule has 0 spiro atoms. The lowest BCUT2D eigenvalue weighted by Crippen LogP contribution is -2.29. The van der Waals surface area contributed by atoms with Crippen LogP contribution in [0.3, 0.4) is 0 Å². The lowest BCUT2D eigenvalue weighted by molar-refractivity contribution is 0.0474. The molecule has 6 nitrogen and oxygen atoms in total. The van der Waals surface area contributed by atoms with Crippen LogP contribution < -0.4 is 9.64 Å². The minimum absolute atomic E-state index is 0.154. The summed E-state index contributed by atoms with van der Waals surface area (Å²) < 4.78 is 12.5. The lowest BCUT2D eigenvalue weighted by atomic mass is 10.1. The van der Waals surface area contributed by atoms with E-state index in [-0.39, 0.29) is 6.79 Å². The van der Waals surface area contributed by atoms with Crippen LogP contribution in [0.25, 0.3) is 17.8 Å². The molecular formula is C22H26N4O2S. The molecule has 0 amide bonds. The first kappa shape index (κ1) is 19.7. The van der Waals surface area contributed by atoms with Crippen molar-refractivity contribution >= 4 is 28.6 Å². The van der Waals surface area contributed by atoms with Crippen LogP contribution in [0.15, 0.2) is 36.5 Å². The van der Waals surface area contributed by atoms with E-state index in [9.17, 15) is 0 Å². The molecule has 0 unspecified atom stereocenters. The summed E-state index contributed by atoms with van der Waals surface area (Å²) in [6.45, 7) is 4.49. The number of hydrogen-bond acceptors (Lipinski definition) is 6. The fourth-order valence-electron chi connectivity index (χ4n) is 3.36. The number of nitrogens with zero attached hydrogens (tertiary/aromatic N) is 4. The molecule has 7 heteroatoms. The Bertz CT molecular complexity index is 959. The van der Waals surface area contributed by atoms with Gasteiger partial charge < -0.3 is 14.4 Å². The average molecular weight is 411 g/mol. The van der Waals surface area contributed by atoms with Gasteiger partial charge in [-0.25, -0.2) is 9.67 Å². The van der Waals surface area contributed by atoms with Gasteiger partial charge in [0.1, 0.15) is 0 Å². The number of rotatable bonds is 7. The second-order valence-corrected chi connectivity index (χ2v) is 8.22. The van der Waals surface area contributed by atoms with Crippen LogP contribution in [0.1, 0.15) is 35.4 Å². The summed E-state index contributed by atoms with van der Waals surface area (Å²) in [5.41, 5.74) is 2.87. The van der Waals surface area contributed by atoms with E-state index in [4.69, 9.17) is 14.5 Å². The smallest absolute Gasteiger partial charge is 0.242 e. The Hall–Kier alpha value is -2.64. The van der Waals surface area contributed by atoms with E-state index in [0.29, 0.717) is 5.88 Å². The lowest BCUT2D eigenvalue weighted by Gasteiger charge is -2.25. The first-order valence-corrected chi connectivity index (χ1v) is 10.7. The zero-order valence-electron chi connectivity index (χ0n) is 16.9. The molecule has 1 fully saturated rings. The molecule has 0 saturated carbocycles. The minimum Gasteiger partial charge on any atom is -0.449 e. The van der Waals surface area contributed by atoms with Gasteiger partial charge in [0, 0.05) is 31.3 Å². The number of benzene rings is 1. The van der Waals surface area contributed by atoms with Gasteiger partial charge in [-0.05, 0) is 50.5 Å². The molecule has 0 radical (unpaired) electrons. The number of aryl methyl sites for hydroxylation is 1. The summed E-state index contributed by atoms with van der Waals surface area (Å²) in [6.07, 6.45) is 9.85. The second kappa shape index (κ2) is 9.24. The third-order valence-corrected chi connectivity index (χ3v) is 5.96. The van der Waals surface area contributed by atoms with Gasteiger partial charge in [-0.1, -0.05) is 18.2 Å². The van der Waals surface area contributed by atoms with Gasteiger partial charge in [0.25, 0.3) is 0 Å². The first-order chi connectivity index (χ1) is 14.2. The fraction of sp³-hybridized carbons (Fsp3) is 0.364. The van der Waals surface area contributed by atoms with Crippen LogP contribution in [0.5, 0.6) is 5.88 Å². The van der Waals surface area contributed by atoms with Crippen molar-refractivity contribution in [2.45, 2.75) is 26.2 Å². The molecule has 1 saturated heterocycles. The monoisotopic (exact) mass is 410 g/mol. The molecule has 152 valence electrons. The third kappa shape index (κ3) is 4.68. The highest BCUT2D eigenvalue weighted by atomic mass is 32.1. The Labute approximate surface area is 175 Å². The van der Waals surface area contributed by atoms with Gasteiger partial charge in [-0.15, -0.1) is 16.4 Å². The molecule has 4 rings (SSSR count). The van der Waals surface area contributed by atoms with Crippen LogP contribution in [0.4, 0.5) is 5.13 Å². The molecule has 0 N–H and O–H groups in total. The van der Waals surface area contributed by atoms with E-state index in [2.05, 4.69) is 16.9 Å². The molecule has 0 bridgehead atoms. The number of piperidine rings is 1. The van der Waals surface area contributed by atoms with Gasteiger partial charge in [0.15, 0.2) is 11.9 Å². The van der Waals surface area contributed by atoms with E-state index < -0.39 is 0 Å². The van der Waals surface area contributed by atoms with E-state index in [1.54, 1.807) is 18.4 Å². The van der Waals surface area contributed by atoms with Crippen LogP contribution in [0.2, 0.25) is 0 Å². The summed E-state index contributed by atoms with van der Waals surface area (Å²) in [4.78, 5) is 8.49.